The van der Waals surface area contributed by atoms with Crippen molar-refractivity contribution >= 4 is 13.5 Å². The summed E-state index contributed by atoms with van der Waals surface area (Å²) >= 11 is 0. The van der Waals surface area contributed by atoms with Gasteiger partial charge in [0.25, 0.3) is 8.32 Å². The lowest BCUT2D eigenvalue weighted by molar-refractivity contribution is 0.478. The zero-order chi connectivity index (χ0) is 11.3. The number of hydrogen-bond donors (Lipinski definition) is 0. The summed E-state index contributed by atoms with van der Waals surface area (Å²) in [6, 6.07) is 10.5. The quantitative estimate of drug-likeness (QED) is 0.558. The predicted molar refractivity (Wildman–Crippen MR) is 68.7 cm³/mol. The largest absolute Gasteiger partial charge is 0.545 e. The Balaban J connectivity index is 2.76. The lowest BCUT2D eigenvalue weighted by Gasteiger charge is -2.22. The van der Waals surface area contributed by atoms with E-state index in [1.165, 1.54) is 10.8 Å². The topological polar surface area (TPSA) is 9.23 Å². The number of benzene rings is 1. The molecule has 0 bridgehead atoms. The molecule has 0 atom stereocenters. The van der Waals surface area contributed by atoms with Gasteiger partial charge in [-0.1, -0.05) is 37.3 Å². The fraction of sp³-hybridized carbons (Fsp3) is 0.385. The highest BCUT2D eigenvalue weighted by Gasteiger charge is 2.25. The second-order valence-electron chi connectivity index (χ2n) is 4.31. The Morgan fingerprint density at radius 1 is 1.27 bits per heavy atom. The molecule has 0 spiro atoms. The average Bonchev–Trinajstić information content (AvgIpc) is 2.27. The molecule has 0 unspecified atom stereocenters. The van der Waals surface area contributed by atoms with Crippen LogP contribution in [0, 0.1) is 0 Å². The van der Waals surface area contributed by atoms with Crippen LogP contribution in [0.4, 0.5) is 0 Å². The summed E-state index contributed by atoms with van der Waals surface area (Å²) in [7, 11) is -1.73. The van der Waals surface area contributed by atoms with Crippen molar-refractivity contribution in [1.82, 2.24) is 0 Å². The molecule has 0 radical (unpaired) electrons. The van der Waals surface area contributed by atoms with Crippen molar-refractivity contribution in [1.29, 1.82) is 0 Å². The molecular formula is C13H20OSi. The zero-order valence-corrected chi connectivity index (χ0v) is 11.1. The highest BCUT2D eigenvalue weighted by Crippen LogP contribution is 2.08. The highest BCUT2D eigenvalue weighted by atomic mass is 28.4. The van der Waals surface area contributed by atoms with Gasteiger partial charge in [0.2, 0.25) is 0 Å². The van der Waals surface area contributed by atoms with E-state index in [0.29, 0.717) is 0 Å². The van der Waals surface area contributed by atoms with Crippen LogP contribution in [0.25, 0.3) is 0 Å². The van der Waals surface area contributed by atoms with Gasteiger partial charge in [0.15, 0.2) is 0 Å². The molecule has 1 aromatic rings. The van der Waals surface area contributed by atoms with Crippen LogP contribution in [0.2, 0.25) is 13.1 Å². The van der Waals surface area contributed by atoms with Crippen molar-refractivity contribution in [3.63, 3.8) is 0 Å². The summed E-state index contributed by atoms with van der Waals surface area (Å²) in [6.45, 7) is 8.70. The molecule has 0 aromatic heterocycles. The van der Waals surface area contributed by atoms with E-state index in [4.69, 9.17) is 4.43 Å². The first-order valence-electron chi connectivity index (χ1n) is 5.45. The summed E-state index contributed by atoms with van der Waals surface area (Å²) in [5.74, 6) is 0. The van der Waals surface area contributed by atoms with Gasteiger partial charge in [0, 0.05) is 0 Å². The number of allylic oxidation sites excluding steroid dienone is 1. The average molecular weight is 220 g/mol. The number of hydrogen-bond acceptors (Lipinski definition) is 1. The smallest absolute Gasteiger partial charge is 0.276 e. The van der Waals surface area contributed by atoms with Gasteiger partial charge >= 0.3 is 0 Å². The minimum atomic E-state index is -1.73. The molecule has 0 saturated carbocycles. The monoisotopic (exact) mass is 220 g/mol. The van der Waals surface area contributed by atoms with Crippen LogP contribution in [-0.4, -0.2) is 8.32 Å². The van der Waals surface area contributed by atoms with Gasteiger partial charge in [-0.05, 0) is 37.2 Å². The summed E-state index contributed by atoms with van der Waals surface area (Å²) in [5, 5.41) is 1.34. The van der Waals surface area contributed by atoms with Crippen LogP contribution in [0.3, 0.4) is 0 Å². The van der Waals surface area contributed by atoms with Crippen LogP contribution in [0.1, 0.15) is 20.3 Å². The van der Waals surface area contributed by atoms with Crippen LogP contribution in [0.15, 0.2) is 42.2 Å². The molecule has 1 aromatic carbocycles. The van der Waals surface area contributed by atoms with Crippen molar-refractivity contribution in [2.45, 2.75) is 33.4 Å². The molecule has 0 saturated heterocycles. The minimum Gasteiger partial charge on any atom is -0.545 e. The molecule has 0 aliphatic carbocycles. The van der Waals surface area contributed by atoms with Crippen molar-refractivity contribution in [2.75, 3.05) is 0 Å². The normalized spacial score (nSPS) is 12.7. The molecule has 0 aliphatic heterocycles. The van der Waals surface area contributed by atoms with E-state index in [1.54, 1.807) is 0 Å². The molecule has 1 nitrogen and oxygen atoms in total. The Morgan fingerprint density at radius 3 is 2.40 bits per heavy atom. The van der Waals surface area contributed by atoms with E-state index < -0.39 is 8.32 Å². The van der Waals surface area contributed by atoms with Gasteiger partial charge in [-0.2, -0.15) is 0 Å². The Bertz CT molecular complexity index is 328. The van der Waals surface area contributed by atoms with Gasteiger partial charge in [0.05, 0.1) is 6.26 Å². The van der Waals surface area contributed by atoms with Gasteiger partial charge in [-0.15, -0.1) is 0 Å². The Kier molecular flexibility index (Phi) is 4.15. The summed E-state index contributed by atoms with van der Waals surface area (Å²) < 4.78 is 5.95. The first-order valence-corrected chi connectivity index (χ1v) is 8.36. The van der Waals surface area contributed by atoms with E-state index in [1.807, 2.05) is 12.3 Å². The second-order valence-corrected chi connectivity index (χ2v) is 8.15. The first-order chi connectivity index (χ1) is 7.06. The molecule has 0 amide bonds. The molecule has 0 heterocycles. The van der Waals surface area contributed by atoms with E-state index in [0.717, 1.165) is 6.42 Å². The molecule has 15 heavy (non-hydrogen) atoms. The molecule has 0 aliphatic rings. The standard InChI is InChI=1S/C13H20OSi/c1-5-12(2)11-14-15(3,4)13-9-7-6-8-10-13/h6-11H,5H2,1-4H3/b12-11-. The lowest BCUT2D eigenvalue weighted by atomic mass is 10.3. The predicted octanol–water partition coefficient (Wildman–Crippen LogP) is 3.43. The zero-order valence-electron chi connectivity index (χ0n) is 10.1. The van der Waals surface area contributed by atoms with Crippen molar-refractivity contribution < 1.29 is 4.43 Å². The summed E-state index contributed by atoms with van der Waals surface area (Å²) in [5.41, 5.74) is 1.30. The van der Waals surface area contributed by atoms with Crippen LogP contribution in [0.5, 0.6) is 0 Å². The Hall–Kier alpha value is -1.02. The van der Waals surface area contributed by atoms with E-state index in [9.17, 15) is 0 Å². The maximum Gasteiger partial charge on any atom is 0.276 e. The van der Waals surface area contributed by atoms with E-state index in [-0.39, 0.29) is 0 Å². The molecule has 0 fully saturated rings. The number of rotatable bonds is 4. The first kappa shape index (κ1) is 12.0. The third kappa shape index (κ3) is 3.55. The van der Waals surface area contributed by atoms with Gasteiger partial charge in [0.1, 0.15) is 0 Å². The van der Waals surface area contributed by atoms with E-state index >= 15 is 0 Å². The summed E-state index contributed by atoms with van der Waals surface area (Å²) in [6.07, 6.45) is 2.98. The third-order valence-corrected chi connectivity index (χ3v) is 5.01. The van der Waals surface area contributed by atoms with Crippen molar-refractivity contribution in [3.8, 4) is 0 Å². The van der Waals surface area contributed by atoms with Crippen LogP contribution in [-0.2, 0) is 4.43 Å². The fourth-order valence-corrected chi connectivity index (χ4v) is 2.87. The Labute approximate surface area is 93.9 Å². The minimum absolute atomic E-state index is 1.05. The lowest BCUT2D eigenvalue weighted by Crippen LogP contribution is -2.43. The molecule has 1 rings (SSSR count). The Morgan fingerprint density at radius 2 is 1.87 bits per heavy atom. The molecular weight excluding hydrogens is 200 g/mol. The van der Waals surface area contributed by atoms with Gasteiger partial charge in [-0.3, -0.25) is 0 Å². The van der Waals surface area contributed by atoms with E-state index in [2.05, 4.69) is 51.2 Å². The second kappa shape index (κ2) is 5.17. The van der Waals surface area contributed by atoms with Crippen molar-refractivity contribution in [3.05, 3.63) is 42.2 Å². The maximum absolute atomic E-state index is 5.95. The van der Waals surface area contributed by atoms with Gasteiger partial charge in [-0.25, -0.2) is 0 Å². The van der Waals surface area contributed by atoms with Crippen LogP contribution >= 0.6 is 0 Å². The highest BCUT2D eigenvalue weighted by molar-refractivity contribution is 6.84. The molecule has 82 valence electrons. The fourth-order valence-electron chi connectivity index (χ4n) is 1.24. The van der Waals surface area contributed by atoms with Crippen LogP contribution < -0.4 is 5.19 Å². The maximum atomic E-state index is 5.95. The SMILES string of the molecule is CC/C(C)=C\O[Si](C)(C)c1ccccc1. The third-order valence-electron chi connectivity index (χ3n) is 2.58. The van der Waals surface area contributed by atoms with Crippen molar-refractivity contribution in [2.24, 2.45) is 0 Å². The molecule has 2 heteroatoms. The van der Waals surface area contributed by atoms with Gasteiger partial charge < -0.3 is 4.43 Å². The molecule has 0 N–H and O–H groups in total. The summed E-state index contributed by atoms with van der Waals surface area (Å²) in [4.78, 5) is 0.